The number of nitrogens with two attached hydrogens (primary N) is 1. The molecular formula is C13H20N2O. The fourth-order valence-electron chi connectivity index (χ4n) is 2.41. The Kier molecular flexibility index (Phi) is 3.06. The van der Waals surface area contributed by atoms with Gasteiger partial charge in [-0.1, -0.05) is 0 Å². The van der Waals surface area contributed by atoms with Crippen LogP contribution in [0.25, 0.3) is 0 Å². The molecule has 0 spiro atoms. The van der Waals surface area contributed by atoms with Crippen molar-refractivity contribution in [2.45, 2.75) is 33.0 Å². The molecule has 1 aromatic rings. The molecule has 1 aliphatic rings. The third-order valence-corrected chi connectivity index (χ3v) is 2.98. The molecule has 0 aromatic heterocycles. The second-order valence-corrected chi connectivity index (χ2v) is 4.71. The summed E-state index contributed by atoms with van der Waals surface area (Å²) in [6.07, 6.45) is 0.585. The summed E-state index contributed by atoms with van der Waals surface area (Å²) in [5, 5.41) is 0. The zero-order valence-corrected chi connectivity index (χ0v) is 10.2. The van der Waals surface area contributed by atoms with Crippen LogP contribution in [0.2, 0.25) is 0 Å². The fourth-order valence-corrected chi connectivity index (χ4v) is 2.41. The highest BCUT2D eigenvalue weighted by Crippen LogP contribution is 2.25. The maximum absolute atomic E-state index is 5.77. The summed E-state index contributed by atoms with van der Waals surface area (Å²) < 4.78 is 5.74. The lowest BCUT2D eigenvalue weighted by molar-refractivity contribution is -0.00524. The highest BCUT2D eigenvalue weighted by atomic mass is 16.5. The summed E-state index contributed by atoms with van der Waals surface area (Å²) in [7, 11) is 0. The first kappa shape index (κ1) is 11.3. The van der Waals surface area contributed by atoms with Gasteiger partial charge in [-0.15, -0.1) is 0 Å². The molecule has 2 N–H and O–H groups in total. The van der Waals surface area contributed by atoms with Gasteiger partial charge in [0.05, 0.1) is 12.2 Å². The van der Waals surface area contributed by atoms with Crippen molar-refractivity contribution in [3.05, 3.63) is 23.8 Å². The van der Waals surface area contributed by atoms with Gasteiger partial charge in [-0.3, -0.25) is 0 Å². The van der Waals surface area contributed by atoms with Crippen molar-refractivity contribution in [2.75, 3.05) is 23.7 Å². The van der Waals surface area contributed by atoms with Crippen LogP contribution in [-0.2, 0) is 4.74 Å². The number of aryl methyl sites for hydroxylation is 1. The predicted molar refractivity (Wildman–Crippen MR) is 67.8 cm³/mol. The van der Waals surface area contributed by atoms with Crippen molar-refractivity contribution in [1.29, 1.82) is 0 Å². The monoisotopic (exact) mass is 220 g/mol. The van der Waals surface area contributed by atoms with Crippen molar-refractivity contribution >= 4 is 11.4 Å². The van der Waals surface area contributed by atoms with Crippen molar-refractivity contribution in [3.8, 4) is 0 Å². The summed E-state index contributed by atoms with van der Waals surface area (Å²) in [5.74, 6) is 0. The molecule has 0 bridgehead atoms. The zero-order chi connectivity index (χ0) is 11.7. The van der Waals surface area contributed by atoms with E-state index in [1.165, 1.54) is 11.3 Å². The lowest BCUT2D eigenvalue weighted by Crippen LogP contribution is -2.45. The summed E-state index contributed by atoms with van der Waals surface area (Å²) in [5.41, 5.74) is 9.11. The number of anilines is 2. The van der Waals surface area contributed by atoms with Gasteiger partial charge in [0.25, 0.3) is 0 Å². The molecule has 3 heteroatoms. The Balaban J connectivity index is 2.23. The van der Waals surface area contributed by atoms with Crippen LogP contribution >= 0.6 is 0 Å². The highest BCUT2D eigenvalue weighted by Gasteiger charge is 2.23. The summed E-state index contributed by atoms with van der Waals surface area (Å²) in [4.78, 5) is 2.38. The number of nitrogen functional groups attached to an aromatic ring is 1. The van der Waals surface area contributed by atoms with E-state index >= 15 is 0 Å². The van der Waals surface area contributed by atoms with Crippen LogP contribution in [0.15, 0.2) is 18.2 Å². The lowest BCUT2D eigenvalue weighted by atomic mass is 10.1. The standard InChI is InChI=1S/C13H20N2O/c1-9-6-12(14)4-5-13(9)15-7-10(2)16-11(3)8-15/h4-6,10-11H,7-8,14H2,1-3H3. The number of ether oxygens (including phenoxy) is 1. The molecule has 16 heavy (non-hydrogen) atoms. The minimum Gasteiger partial charge on any atom is -0.399 e. The number of morpholine rings is 1. The Bertz CT molecular complexity index is 368. The van der Waals surface area contributed by atoms with E-state index in [4.69, 9.17) is 10.5 Å². The van der Waals surface area contributed by atoms with Gasteiger partial charge in [0.15, 0.2) is 0 Å². The quantitative estimate of drug-likeness (QED) is 0.737. The van der Waals surface area contributed by atoms with E-state index in [1.807, 2.05) is 12.1 Å². The van der Waals surface area contributed by atoms with Crippen LogP contribution in [0.5, 0.6) is 0 Å². The van der Waals surface area contributed by atoms with Crippen LogP contribution in [-0.4, -0.2) is 25.3 Å². The highest BCUT2D eigenvalue weighted by molar-refractivity contribution is 5.59. The van der Waals surface area contributed by atoms with E-state index in [9.17, 15) is 0 Å². The van der Waals surface area contributed by atoms with E-state index in [0.29, 0.717) is 12.2 Å². The molecule has 1 aromatic carbocycles. The molecule has 1 saturated heterocycles. The van der Waals surface area contributed by atoms with Gasteiger partial charge in [0.2, 0.25) is 0 Å². The SMILES string of the molecule is Cc1cc(N)ccc1N1CC(C)OC(C)C1. The predicted octanol–water partition coefficient (Wildman–Crippen LogP) is 2.19. The van der Waals surface area contributed by atoms with Crippen molar-refractivity contribution in [1.82, 2.24) is 0 Å². The van der Waals surface area contributed by atoms with Crippen LogP contribution < -0.4 is 10.6 Å². The first-order chi connectivity index (χ1) is 7.56. The van der Waals surface area contributed by atoms with Gasteiger partial charge < -0.3 is 15.4 Å². The molecule has 0 radical (unpaired) electrons. The Morgan fingerprint density at radius 2 is 1.88 bits per heavy atom. The van der Waals surface area contributed by atoms with E-state index in [0.717, 1.165) is 18.8 Å². The maximum Gasteiger partial charge on any atom is 0.0726 e. The molecule has 2 rings (SSSR count). The molecular weight excluding hydrogens is 200 g/mol. The number of benzene rings is 1. The Labute approximate surface area is 97.2 Å². The molecule has 0 saturated carbocycles. The van der Waals surface area contributed by atoms with Crippen molar-refractivity contribution in [3.63, 3.8) is 0 Å². The maximum atomic E-state index is 5.77. The second kappa shape index (κ2) is 4.34. The van der Waals surface area contributed by atoms with Crippen LogP contribution in [0, 0.1) is 6.92 Å². The van der Waals surface area contributed by atoms with Gasteiger partial charge >= 0.3 is 0 Å². The smallest absolute Gasteiger partial charge is 0.0726 e. The van der Waals surface area contributed by atoms with E-state index < -0.39 is 0 Å². The first-order valence-electron chi connectivity index (χ1n) is 5.83. The third-order valence-electron chi connectivity index (χ3n) is 2.98. The van der Waals surface area contributed by atoms with Gasteiger partial charge in [0.1, 0.15) is 0 Å². The van der Waals surface area contributed by atoms with E-state index in [1.54, 1.807) is 0 Å². The summed E-state index contributed by atoms with van der Waals surface area (Å²) in [6, 6.07) is 6.10. The minimum atomic E-state index is 0.292. The average Bonchev–Trinajstić information content (AvgIpc) is 2.15. The largest absolute Gasteiger partial charge is 0.399 e. The van der Waals surface area contributed by atoms with Gasteiger partial charge in [0, 0.05) is 24.5 Å². The van der Waals surface area contributed by atoms with Crippen LogP contribution in [0.4, 0.5) is 11.4 Å². The first-order valence-corrected chi connectivity index (χ1v) is 5.83. The molecule has 0 aliphatic carbocycles. The van der Waals surface area contributed by atoms with Crippen molar-refractivity contribution in [2.24, 2.45) is 0 Å². The van der Waals surface area contributed by atoms with Crippen molar-refractivity contribution < 1.29 is 4.74 Å². The zero-order valence-electron chi connectivity index (χ0n) is 10.2. The fraction of sp³-hybridized carbons (Fsp3) is 0.538. The molecule has 1 fully saturated rings. The summed E-state index contributed by atoms with van der Waals surface area (Å²) in [6.45, 7) is 8.26. The number of hydrogen-bond donors (Lipinski definition) is 1. The van der Waals surface area contributed by atoms with Crippen LogP contribution in [0.1, 0.15) is 19.4 Å². The van der Waals surface area contributed by atoms with Crippen LogP contribution in [0.3, 0.4) is 0 Å². The lowest BCUT2D eigenvalue weighted by Gasteiger charge is -2.37. The number of hydrogen-bond acceptors (Lipinski definition) is 3. The average molecular weight is 220 g/mol. The molecule has 3 nitrogen and oxygen atoms in total. The normalized spacial score (nSPS) is 25.8. The van der Waals surface area contributed by atoms with E-state index in [2.05, 4.69) is 31.7 Å². The second-order valence-electron chi connectivity index (χ2n) is 4.71. The molecule has 0 amide bonds. The summed E-state index contributed by atoms with van der Waals surface area (Å²) >= 11 is 0. The Morgan fingerprint density at radius 3 is 2.44 bits per heavy atom. The molecule has 1 aliphatic heterocycles. The number of rotatable bonds is 1. The van der Waals surface area contributed by atoms with Gasteiger partial charge in [-0.2, -0.15) is 0 Å². The Morgan fingerprint density at radius 1 is 1.25 bits per heavy atom. The van der Waals surface area contributed by atoms with E-state index in [-0.39, 0.29) is 0 Å². The van der Waals surface area contributed by atoms with Gasteiger partial charge in [-0.05, 0) is 44.5 Å². The Hall–Kier alpha value is -1.22. The molecule has 1 heterocycles. The number of nitrogens with zero attached hydrogens (tertiary/aromatic N) is 1. The topological polar surface area (TPSA) is 38.5 Å². The molecule has 2 atom stereocenters. The van der Waals surface area contributed by atoms with Gasteiger partial charge in [-0.25, -0.2) is 0 Å². The third kappa shape index (κ3) is 2.30. The molecule has 2 unspecified atom stereocenters. The molecule has 88 valence electrons. The minimum absolute atomic E-state index is 0.292.